The molecule has 0 unspecified atom stereocenters. The van der Waals surface area contributed by atoms with Gasteiger partial charge >= 0.3 is 0 Å². The van der Waals surface area contributed by atoms with Gasteiger partial charge in [-0.2, -0.15) is 0 Å². The molecule has 1 aromatic carbocycles. The topological polar surface area (TPSA) is 242 Å². The number of aromatic hydroxyl groups is 1. The van der Waals surface area contributed by atoms with Crippen molar-refractivity contribution in [2.24, 2.45) is 5.92 Å². The molecule has 0 amide bonds. The van der Waals surface area contributed by atoms with Gasteiger partial charge in [-0.15, -0.1) is 12.4 Å². The highest BCUT2D eigenvalue weighted by atomic mass is 35.5. The van der Waals surface area contributed by atoms with Gasteiger partial charge in [-0.1, -0.05) is 18.2 Å². The number of nitrogens with zero attached hydrogens (tertiary/aromatic N) is 1. The van der Waals surface area contributed by atoms with Crippen molar-refractivity contribution in [3.63, 3.8) is 0 Å². The number of phenols is 1. The van der Waals surface area contributed by atoms with Crippen LogP contribution in [-0.4, -0.2) is 162 Å². The predicted octanol–water partition coefficient (Wildman–Crippen LogP) is -3.78. The zero-order chi connectivity index (χ0) is 31.7. The number of ether oxygens (including phenoxy) is 4. The molecular formula is C29H42ClNO14. The van der Waals surface area contributed by atoms with Gasteiger partial charge < -0.3 is 74.9 Å². The molecule has 6 aliphatic rings. The van der Waals surface area contributed by atoms with Gasteiger partial charge in [0.25, 0.3) is 0 Å². The molecule has 254 valence electrons. The van der Waals surface area contributed by atoms with Gasteiger partial charge in [0.15, 0.2) is 24.1 Å². The van der Waals surface area contributed by atoms with Gasteiger partial charge in [-0.25, -0.2) is 0 Å². The average molecular weight is 664 g/mol. The molecule has 0 radical (unpaired) electrons. The Morgan fingerprint density at radius 1 is 0.889 bits per heavy atom. The Morgan fingerprint density at radius 2 is 1.60 bits per heavy atom. The quantitative estimate of drug-likeness (QED) is 0.139. The van der Waals surface area contributed by atoms with E-state index in [9.17, 15) is 46.0 Å². The molecule has 2 aliphatic carbocycles. The lowest BCUT2D eigenvalue weighted by Crippen LogP contribution is -2.64. The molecule has 1 spiro atoms. The zero-order valence-corrected chi connectivity index (χ0v) is 25.2. The van der Waals surface area contributed by atoms with E-state index in [4.69, 9.17) is 24.1 Å². The van der Waals surface area contributed by atoms with Gasteiger partial charge in [-0.05, 0) is 38.1 Å². The highest BCUT2D eigenvalue weighted by molar-refractivity contribution is 5.85. The van der Waals surface area contributed by atoms with Crippen LogP contribution in [0.15, 0.2) is 24.3 Å². The largest absolute Gasteiger partial charge is 0.504 e. The number of benzene rings is 1. The third-order valence-corrected chi connectivity index (χ3v) is 10.1. The SMILES string of the molecule is CN1CC[C@]23c4c5ccc(O)c4O[C@H]2[C@@H](O)C=C[C@H]3[C@H]1C5.Cl.OC[C@H]1O[C@@H](O[C@H]2[C@H](O)[C@@H](O)[C@H](O)O[C@@H]2CO)[C@H](O)[C@@H](O)[C@H]1O. The first-order valence-corrected chi connectivity index (χ1v) is 14.8. The minimum atomic E-state index is -1.74. The zero-order valence-electron chi connectivity index (χ0n) is 24.4. The summed E-state index contributed by atoms with van der Waals surface area (Å²) in [5.41, 5.74) is 2.29. The predicted molar refractivity (Wildman–Crippen MR) is 153 cm³/mol. The Hall–Kier alpha value is -1.67. The Labute approximate surface area is 264 Å². The minimum Gasteiger partial charge on any atom is -0.504 e. The van der Waals surface area contributed by atoms with Crippen LogP contribution in [0.5, 0.6) is 11.5 Å². The lowest BCUT2D eigenvalue weighted by molar-refractivity contribution is -0.355. The molecule has 15 nitrogen and oxygen atoms in total. The number of rotatable bonds is 4. The molecule has 4 heterocycles. The van der Waals surface area contributed by atoms with Crippen LogP contribution in [-0.2, 0) is 26.0 Å². The fraction of sp³-hybridized carbons (Fsp3) is 0.724. The number of hydrogen-bond acceptors (Lipinski definition) is 15. The van der Waals surface area contributed by atoms with Crippen LogP contribution in [0.2, 0.25) is 0 Å². The molecule has 0 saturated carbocycles. The number of halogens is 1. The van der Waals surface area contributed by atoms with E-state index < -0.39 is 80.7 Å². The van der Waals surface area contributed by atoms with E-state index in [2.05, 4.69) is 18.0 Å². The van der Waals surface area contributed by atoms with Gasteiger partial charge in [0.05, 0.1) is 13.2 Å². The van der Waals surface area contributed by atoms with Crippen LogP contribution in [0.4, 0.5) is 0 Å². The summed E-state index contributed by atoms with van der Waals surface area (Å²) in [5.74, 6) is 1.19. The summed E-state index contributed by atoms with van der Waals surface area (Å²) in [6.45, 7) is -0.335. The Bertz CT molecular complexity index is 1240. The van der Waals surface area contributed by atoms with Gasteiger partial charge in [0.1, 0.15) is 61.0 Å². The maximum atomic E-state index is 10.4. The number of likely N-dealkylation sites (N-methyl/N-ethyl adjacent to an activating group) is 1. The van der Waals surface area contributed by atoms with Crippen molar-refractivity contribution in [3.8, 4) is 11.5 Å². The number of aliphatic hydroxyl groups is 9. The van der Waals surface area contributed by atoms with Crippen LogP contribution in [0.25, 0.3) is 0 Å². The van der Waals surface area contributed by atoms with Gasteiger partial charge in [-0.3, -0.25) is 0 Å². The second-order valence-electron chi connectivity index (χ2n) is 12.5. The normalized spacial score (nSPS) is 46.3. The lowest BCUT2D eigenvalue weighted by atomic mass is 9.53. The second-order valence-corrected chi connectivity index (χ2v) is 12.5. The number of likely N-dealkylation sites (tertiary alicyclic amines) is 1. The van der Waals surface area contributed by atoms with E-state index >= 15 is 0 Å². The van der Waals surface area contributed by atoms with Crippen molar-refractivity contribution in [1.82, 2.24) is 4.90 Å². The number of hydrogen-bond donors (Lipinski definition) is 10. The van der Waals surface area contributed by atoms with Crippen molar-refractivity contribution >= 4 is 12.4 Å². The first kappa shape index (κ1) is 34.7. The molecule has 2 bridgehead atoms. The van der Waals surface area contributed by atoms with Crippen molar-refractivity contribution in [1.29, 1.82) is 0 Å². The molecule has 7 rings (SSSR count). The summed E-state index contributed by atoms with van der Waals surface area (Å²) in [6, 6.07) is 4.23. The molecule has 15 atom stereocenters. The number of aliphatic hydroxyl groups excluding tert-OH is 9. The van der Waals surface area contributed by atoms with Gasteiger partial charge in [0, 0.05) is 22.9 Å². The van der Waals surface area contributed by atoms with E-state index in [1.54, 1.807) is 6.07 Å². The molecule has 0 aromatic heterocycles. The van der Waals surface area contributed by atoms with Crippen LogP contribution < -0.4 is 4.74 Å². The van der Waals surface area contributed by atoms with Crippen molar-refractivity contribution in [2.45, 2.75) is 97.9 Å². The van der Waals surface area contributed by atoms with E-state index in [1.165, 1.54) is 11.1 Å². The van der Waals surface area contributed by atoms with E-state index in [0.29, 0.717) is 17.7 Å². The maximum Gasteiger partial charge on any atom is 0.187 e. The summed E-state index contributed by atoms with van der Waals surface area (Å²) in [6.07, 6.45) is -10.4. The number of piperidine rings is 1. The molecule has 45 heavy (non-hydrogen) atoms. The first-order valence-electron chi connectivity index (χ1n) is 14.8. The standard InChI is InChI=1S/C17H19NO3.C12H22O11.ClH/c1-18-7-6-17-10-3-5-13(20)16(17)21-15-12(19)4-2-9(14(15)17)8-11(10)18;13-1-3-5(15)6(16)9(19)12(22-3)23-10-4(2-14)21-11(20)8(18)7(10)17;/h2-5,10-11,13,16,19-20H,6-8H2,1H3;3-20H,1-2H2;1H/t10-,11+,13-,16-,17-;3-,4-,5+,6+,7-,8-,9-,10-,11-,12+;/m01./s1. The van der Waals surface area contributed by atoms with Crippen molar-refractivity contribution in [2.75, 3.05) is 26.8 Å². The Kier molecular flexibility index (Phi) is 10.1. The summed E-state index contributed by atoms with van der Waals surface area (Å²) >= 11 is 0. The molecule has 3 saturated heterocycles. The van der Waals surface area contributed by atoms with E-state index in [0.717, 1.165) is 19.4 Å². The highest BCUT2D eigenvalue weighted by Crippen LogP contribution is 2.62. The fourth-order valence-electron chi connectivity index (χ4n) is 7.81. The average Bonchev–Trinajstić information content (AvgIpc) is 3.38. The molecule has 4 aliphatic heterocycles. The van der Waals surface area contributed by atoms with E-state index in [1.807, 2.05) is 12.1 Å². The summed E-state index contributed by atoms with van der Waals surface area (Å²) < 4.78 is 21.3. The minimum absolute atomic E-state index is 0. The first-order chi connectivity index (χ1) is 20.9. The Morgan fingerprint density at radius 3 is 2.29 bits per heavy atom. The van der Waals surface area contributed by atoms with Crippen LogP contribution in [0.1, 0.15) is 17.5 Å². The van der Waals surface area contributed by atoms with Crippen LogP contribution >= 0.6 is 12.4 Å². The second kappa shape index (κ2) is 13.1. The van der Waals surface area contributed by atoms with Crippen molar-refractivity contribution < 1.29 is 70.0 Å². The van der Waals surface area contributed by atoms with Crippen molar-refractivity contribution in [3.05, 3.63) is 35.4 Å². The molecule has 16 heteroatoms. The molecular weight excluding hydrogens is 622 g/mol. The third kappa shape index (κ3) is 5.46. The molecule has 3 fully saturated rings. The number of phenolic OH excluding ortho intramolecular Hbond substituents is 1. The van der Waals surface area contributed by atoms with E-state index in [-0.39, 0.29) is 29.7 Å². The monoisotopic (exact) mass is 663 g/mol. The summed E-state index contributed by atoms with van der Waals surface area (Å²) in [5, 5.41) is 97.1. The summed E-state index contributed by atoms with van der Waals surface area (Å²) in [4.78, 5) is 2.43. The Balaban J connectivity index is 0.000000174. The van der Waals surface area contributed by atoms with Crippen LogP contribution in [0, 0.1) is 5.92 Å². The molecule has 10 N–H and O–H groups in total. The third-order valence-electron chi connectivity index (χ3n) is 10.1. The highest BCUT2D eigenvalue weighted by Gasteiger charge is 2.64. The summed E-state index contributed by atoms with van der Waals surface area (Å²) in [7, 11) is 2.19. The maximum absolute atomic E-state index is 10.4. The van der Waals surface area contributed by atoms with Gasteiger partial charge in [0.2, 0.25) is 0 Å². The lowest BCUT2D eigenvalue weighted by Gasteiger charge is -2.56. The fourth-order valence-corrected chi connectivity index (χ4v) is 7.81. The van der Waals surface area contributed by atoms with Crippen LogP contribution in [0.3, 0.4) is 0 Å². The smallest absolute Gasteiger partial charge is 0.187 e. The molecule has 1 aromatic rings.